The van der Waals surface area contributed by atoms with E-state index < -0.39 is 24.1 Å². The maximum absolute atomic E-state index is 11.6. The van der Waals surface area contributed by atoms with E-state index >= 15 is 0 Å². The van der Waals surface area contributed by atoms with Gasteiger partial charge in [-0.15, -0.1) is 0 Å². The van der Waals surface area contributed by atoms with Crippen LogP contribution in [0.5, 0.6) is 0 Å². The number of carbonyl (C=O) groups is 4. The van der Waals surface area contributed by atoms with Gasteiger partial charge in [0.15, 0.2) is 0 Å². The van der Waals surface area contributed by atoms with Crippen molar-refractivity contribution in [1.29, 1.82) is 0 Å². The maximum Gasteiger partial charge on any atom is 0.407 e. The first-order valence-corrected chi connectivity index (χ1v) is 9.14. The summed E-state index contributed by atoms with van der Waals surface area (Å²) in [4.78, 5) is 45.5. The second-order valence-electron chi connectivity index (χ2n) is 6.34. The summed E-state index contributed by atoms with van der Waals surface area (Å²) >= 11 is 0. The standard InChI is InChI=1S/C19H30N2O8/c1-13(2)17(23)27-10-12-29-19(25)21-15(5)7-6-8-16(22)26-9-11-28-18(24)20-14(3)4/h6,8,14-15H,1,7,9-12H2,2-5H3,(H,20,24)(H,21,25)/b8-6+. The van der Waals surface area contributed by atoms with Crippen LogP contribution in [0.4, 0.5) is 9.59 Å². The first-order chi connectivity index (χ1) is 13.6. The quantitative estimate of drug-likeness (QED) is 0.214. The molecular weight excluding hydrogens is 384 g/mol. The molecule has 0 saturated heterocycles. The van der Waals surface area contributed by atoms with Gasteiger partial charge < -0.3 is 29.6 Å². The van der Waals surface area contributed by atoms with Gasteiger partial charge in [0, 0.05) is 23.7 Å². The van der Waals surface area contributed by atoms with E-state index in [4.69, 9.17) is 18.9 Å². The van der Waals surface area contributed by atoms with Gasteiger partial charge in [0.2, 0.25) is 0 Å². The summed E-state index contributed by atoms with van der Waals surface area (Å²) in [6, 6.07) is -0.340. The fourth-order valence-electron chi connectivity index (χ4n) is 1.66. The minimum Gasteiger partial charge on any atom is -0.459 e. The first-order valence-electron chi connectivity index (χ1n) is 9.14. The number of esters is 2. The van der Waals surface area contributed by atoms with Crippen LogP contribution < -0.4 is 10.6 Å². The lowest BCUT2D eigenvalue weighted by molar-refractivity contribution is -0.140. The smallest absolute Gasteiger partial charge is 0.407 e. The van der Waals surface area contributed by atoms with E-state index in [1.807, 2.05) is 0 Å². The zero-order chi connectivity index (χ0) is 22.2. The zero-order valence-corrected chi connectivity index (χ0v) is 17.3. The Morgan fingerprint density at radius 2 is 1.38 bits per heavy atom. The molecule has 10 nitrogen and oxygen atoms in total. The number of alkyl carbamates (subject to hydrolysis) is 2. The summed E-state index contributed by atoms with van der Waals surface area (Å²) in [6.07, 6.45) is 1.87. The minimum absolute atomic E-state index is 0.0417. The third-order valence-corrected chi connectivity index (χ3v) is 2.97. The Hall–Kier alpha value is -3.04. The average molecular weight is 414 g/mol. The fraction of sp³-hybridized carbons (Fsp3) is 0.579. The van der Waals surface area contributed by atoms with Crippen molar-refractivity contribution >= 4 is 24.1 Å². The van der Waals surface area contributed by atoms with Gasteiger partial charge in [-0.25, -0.2) is 19.2 Å². The molecule has 2 amide bonds. The Labute approximate surface area is 170 Å². The van der Waals surface area contributed by atoms with Gasteiger partial charge in [0.05, 0.1) is 0 Å². The van der Waals surface area contributed by atoms with Crippen LogP contribution in [0.25, 0.3) is 0 Å². The van der Waals surface area contributed by atoms with Gasteiger partial charge >= 0.3 is 24.1 Å². The number of rotatable bonds is 12. The van der Waals surface area contributed by atoms with Crippen molar-refractivity contribution in [3.05, 3.63) is 24.3 Å². The lowest BCUT2D eigenvalue weighted by atomic mass is 10.2. The highest BCUT2D eigenvalue weighted by Crippen LogP contribution is 1.96. The highest BCUT2D eigenvalue weighted by molar-refractivity contribution is 5.86. The highest BCUT2D eigenvalue weighted by Gasteiger charge is 2.09. The van der Waals surface area contributed by atoms with Gasteiger partial charge in [-0.05, 0) is 34.1 Å². The molecule has 2 N–H and O–H groups in total. The van der Waals surface area contributed by atoms with E-state index in [1.165, 1.54) is 19.1 Å². The van der Waals surface area contributed by atoms with E-state index in [1.54, 1.807) is 20.8 Å². The number of ether oxygens (including phenoxy) is 4. The van der Waals surface area contributed by atoms with Crippen molar-refractivity contribution in [1.82, 2.24) is 10.6 Å². The van der Waals surface area contributed by atoms with E-state index in [0.717, 1.165) is 0 Å². The maximum atomic E-state index is 11.6. The molecule has 0 aromatic heterocycles. The third kappa shape index (κ3) is 15.7. The van der Waals surface area contributed by atoms with Gasteiger partial charge in [-0.3, -0.25) is 0 Å². The van der Waals surface area contributed by atoms with Gasteiger partial charge in [-0.1, -0.05) is 12.7 Å². The summed E-state index contributed by atoms with van der Waals surface area (Å²) < 4.78 is 19.3. The van der Waals surface area contributed by atoms with E-state index in [0.29, 0.717) is 6.42 Å². The molecule has 0 fully saturated rings. The number of nitrogens with one attached hydrogen (secondary N) is 2. The topological polar surface area (TPSA) is 129 Å². The number of amides is 2. The second-order valence-corrected chi connectivity index (χ2v) is 6.34. The van der Waals surface area contributed by atoms with Crippen LogP contribution in [-0.2, 0) is 28.5 Å². The molecule has 164 valence electrons. The van der Waals surface area contributed by atoms with Crippen molar-refractivity contribution < 1.29 is 38.1 Å². The largest absolute Gasteiger partial charge is 0.459 e. The van der Waals surface area contributed by atoms with Crippen molar-refractivity contribution in [2.75, 3.05) is 26.4 Å². The Kier molecular flexibility index (Phi) is 13.4. The van der Waals surface area contributed by atoms with Crippen LogP contribution in [0.1, 0.15) is 34.1 Å². The summed E-state index contributed by atoms with van der Waals surface area (Å²) in [6.45, 7) is 9.99. The lowest BCUT2D eigenvalue weighted by Gasteiger charge is -2.12. The molecule has 0 spiro atoms. The van der Waals surface area contributed by atoms with E-state index in [9.17, 15) is 19.2 Å². The Balaban J connectivity index is 3.84. The molecular formula is C19H30N2O8. The molecule has 0 saturated carbocycles. The summed E-state index contributed by atoms with van der Waals surface area (Å²) in [5.74, 6) is -1.14. The van der Waals surface area contributed by atoms with Crippen LogP contribution in [0.15, 0.2) is 24.3 Å². The highest BCUT2D eigenvalue weighted by atomic mass is 16.6. The number of hydrogen-bond acceptors (Lipinski definition) is 8. The van der Waals surface area contributed by atoms with Crippen molar-refractivity contribution in [2.24, 2.45) is 0 Å². The molecule has 29 heavy (non-hydrogen) atoms. The average Bonchev–Trinajstić information content (AvgIpc) is 2.61. The van der Waals surface area contributed by atoms with Gasteiger partial charge in [0.1, 0.15) is 26.4 Å². The molecule has 0 radical (unpaired) electrons. The molecule has 10 heteroatoms. The molecule has 0 aromatic carbocycles. The second kappa shape index (κ2) is 14.9. The Morgan fingerprint density at radius 1 is 0.862 bits per heavy atom. The van der Waals surface area contributed by atoms with E-state index in [2.05, 4.69) is 17.2 Å². The fourth-order valence-corrected chi connectivity index (χ4v) is 1.66. The minimum atomic E-state index is -0.670. The predicted octanol–water partition coefficient (Wildman–Crippen LogP) is 1.84. The van der Waals surface area contributed by atoms with Crippen molar-refractivity contribution in [3.63, 3.8) is 0 Å². The molecule has 0 aliphatic rings. The SMILES string of the molecule is C=C(C)C(=O)OCCOC(=O)NC(C)C/C=C/C(=O)OCCOC(=O)NC(C)C. The number of carbonyl (C=O) groups excluding carboxylic acids is 4. The monoisotopic (exact) mass is 414 g/mol. The normalized spacial score (nSPS) is 11.5. The van der Waals surface area contributed by atoms with Crippen LogP contribution in [0.3, 0.4) is 0 Å². The molecule has 0 heterocycles. The van der Waals surface area contributed by atoms with Crippen LogP contribution in [0.2, 0.25) is 0 Å². The zero-order valence-electron chi connectivity index (χ0n) is 17.3. The summed E-state index contributed by atoms with van der Waals surface area (Å²) in [7, 11) is 0. The van der Waals surface area contributed by atoms with Crippen LogP contribution >= 0.6 is 0 Å². The van der Waals surface area contributed by atoms with Crippen LogP contribution in [0, 0.1) is 0 Å². The molecule has 0 aromatic rings. The molecule has 1 atom stereocenters. The predicted molar refractivity (Wildman–Crippen MR) is 104 cm³/mol. The molecule has 1 unspecified atom stereocenters. The van der Waals surface area contributed by atoms with Crippen molar-refractivity contribution in [2.45, 2.75) is 46.2 Å². The Morgan fingerprint density at radius 3 is 1.93 bits per heavy atom. The molecule has 0 rings (SSSR count). The van der Waals surface area contributed by atoms with Gasteiger partial charge in [-0.2, -0.15) is 0 Å². The van der Waals surface area contributed by atoms with E-state index in [-0.39, 0.29) is 44.1 Å². The number of hydrogen-bond donors (Lipinski definition) is 2. The summed E-state index contributed by atoms with van der Waals surface area (Å²) in [5, 5.41) is 5.09. The van der Waals surface area contributed by atoms with Crippen LogP contribution in [-0.4, -0.2) is 62.6 Å². The molecule has 0 bridgehead atoms. The van der Waals surface area contributed by atoms with Crippen molar-refractivity contribution in [3.8, 4) is 0 Å². The molecule has 0 aliphatic heterocycles. The summed E-state index contributed by atoms with van der Waals surface area (Å²) in [5.41, 5.74) is 0.262. The lowest BCUT2D eigenvalue weighted by Crippen LogP contribution is -2.33. The first kappa shape index (κ1) is 26.0. The molecule has 0 aliphatic carbocycles. The Bertz CT molecular complexity index is 601. The third-order valence-electron chi connectivity index (χ3n) is 2.97. The van der Waals surface area contributed by atoms with Gasteiger partial charge in [0.25, 0.3) is 0 Å².